The minimum absolute atomic E-state index is 0. The van der Waals surface area contributed by atoms with Crippen molar-refractivity contribution in [2.24, 2.45) is 0 Å². The lowest BCUT2D eigenvalue weighted by atomic mass is 10.0. The van der Waals surface area contributed by atoms with Gasteiger partial charge in [0.15, 0.2) is 0 Å². The van der Waals surface area contributed by atoms with Crippen LogP contribution >= 0.6 is 12.4 Å². The summed E-state index contributed by atoms with van der Waals surface area (Å²) in [5, 5.41) is 3.36. The maximum absolute atomic E-state index is 12.5. The largest absolute Gasteiger partial charge is 0.337 e. The Labute approximate surface area is 121 Å². The van der Waals surface area contributed by atoms with Crippen molar-refractivity contribution in [3.05, 3.63) is 35.4 Å². The Bertz CT molecular complexity index is 416. The van der Waals surface area contributed by atoms with Crippen LogP contribution in [0.3, 0.4) is 0 Å². The molecule has 1 N–H and O–H groups in total. The highest BCUT2D eigenvalue weighted by Gasteiger charge is 2.23. The molecule has 0 aromatic heterocycles. The first kappa shape index (κ1) is 16.0. The highest BCUT2D eigenvalue weighted by atomic mass is 35.5. The molecule has 106 valence electrons. The minimum atomic E-state index is 0. The van der Waals surface area contributed by atoms with Gasteiger partial charge in [0.1, 0.15) is 0 Å². The lowest BCUT2D eigenvalue weighted by Crippen LogP contribution is -2.46. The third kappa shape index (κ3) is 3.71. The van der Waals surface area contributed by atoms with E-state index >= 15 is 0 Å². The molecule has 1 aromatic rings. The molecule has 0 radical (unpaired) electrons. The SMILES string of the molecule is CCc1ccccc1C(=O)N(C)[C@H]1CCCNC1.Cl. The van der Waals surface area contributed by atoms with Gasteiger partial charge in [-0.25, -0.2) is 0 Å². The maximum atomic E-state index is 12.5. The molecular weight excluding hydrogens is 260 g/mol. The molecule has 0 saturated carbocycles. The second-order valence-corrected chi connectivity index (χ2v) is 4.93. The number of nitrogens with zero attached hydrogens (tertiary/aromatic N) is 1. The second kappa shape index (κ2) is 7.51. The van der Waals surface area contributed by atoms with Gasteiger partial charge in [0.05, 0.1) is 0 Å². The number of benzene rings is 1. The van der Waals surface area contributed by atoms with Gasteiger partial charge in [0.2, 0.25) is 0 Å². The van der Waals surface area contributed by atoms with Crippen LogP contribution in [0.15, 0.2) is 24.3 Å². The third-order valence-corrected chi connectivity index (χ3v) is 3.77. The molecule has 19 heavy (non-hydrogen) atoms. The van der Waals surface area contributed by atoms with E-state index in [2.05, 4.69) is 12.2 Å². The summed E-state index contributed by atoms with van der Waals surface area (Å²) in [7, 11) is 1.92. The first-order valence-corrected chi connectivity index (χ1v) is 6.79. The number of hydrogen-bond donors (Lipinski definition) is 1. The van der Waals surface area contributed by atoms with Gasteiger partial charge in [0.25, 0.3) is 5.91 Å². The molecule has 1 aliphatic rings. The van der Waals surface area contributed by atoms with E-state index in [1.54, 1.807) is 0 Å². The molecular formula is C15H23ClN2O. The number of rotatable bonds is 3. The summed E-state index contributed by atoms with van der Waals surface area (Å²) < 4.78 is 0. The molecule has 1 aromatic carbocycles. The zero-order valence-electron chi connectivity index (χ0n) is 11.7. The van der Waals surface area contributed by atoms with Crippen LogP contribution in [0.5, 0.6) is 0 Å². The van der Waals surface area contributed by atoms with Crippen molar-refractivity contribution in [2.75, 3.05) is 20.1 Å². The molecule has 0 aliphatic carbocycles. The van der Waals surface area contributed by atoms with Crippen molar-refractivity contribution in [3.8, 4) is 0 Å². The molecule has 2 rings (SSSR count). The highest BCUT2D eigenvalue weighted by Crippen LogP contribution is 2.16. The average molecular weight is 283 g/mol. The van der Waals surface area contributed by atoms with Crippen LogP contribution in [0.4, 0.5) is 0 Å². The number of piperidine rings is 1. The van der Waals surface area contributed by atoms with Crippen LogP contribution in [0, 0.1) is 0 Å². The van der Waals surface area contributed by atoms with E-state index in [4.69, 9.17) is 0 Å². The fourth-order valence-corrected chi connectivity index (χ4v) is 2.56. The Kier molecular flexibility index (Phi) is 6.32. The zero-order valence-corrected chi connectivity index (χ0v) is 12.5. The first-order chi connectivity index (χ1) is 8.74. The molecule has 0 spiro atoms. The fourth-order valence-electron chi connectivity index (χ4n) is 2.56. The Balaban J connectivity index is 0.00000180. The molecule has 0 bridgehead atoms. The number of hydrogen-bond acceptors (Lipinski definition) is 2. The predicted molar refractivity (Wildman–Crippen MR) is 81.1 cm³/mol. The Morgan fingerprint density at radius 1 is 1.42 bits per heavy atom. The smallest absolute Gasteiger partial charge is 0.254 e. The summed E-state index contributed by atoms with van der Waals surface area (Å²) in [5.74, 6) is 0.154. The van der Waals surface area contributed by atoms with E-state index in [9.17, 15) is 4.79 Å². The summed E-state index contributed by atoms with van der Waals surface area (Å²) in [5.41, 5.74) is 1.99. The molecule has 3 nitrogen and oxygen atoms in total. The van der Waals surface area contributed by atoms with Gasteiger partial charge in [-0.2, -0.15) is 0 Å². The van der Waals surface area contributed by atoms with E-state index in [-0.39, 0.29) is 18.3 Å². The normalized spacial score (nSPS) is 18.5. The molecule has 0 unspecified atom stereocenters. The van der Waals surface area contributed by atoms with Gasteiger partial charge < -0.3 is 10.2 Å². The van der Waals surface area contributed by atoms with Crippen LogP contribution < -0.4 is 5.32 Å². The Morgan fingerprint density at radius 2 is 2.16 bits per heavy atom. The number of halogens is 1. The number of likely N-dealkylation sites (N-methyl/N-ethyl adjacent to an activating group) is 1. The van der Waals surface area contributed by atoms with Crippen molar-refractivity contribution in [3.63, 3.8) is 0 Å². The zero-order chi connectivity index (χ0) is 13.0. The third-order valence-electron chi connectivity index (χ3n) is 3.77. The topological polar surface area (TPSA) is 32.3 Å². The van der Waals surface area contributed by atoms with Gasteiger partial charge in [-0.05, 0) is 37.4 Å². The molecule has 1 atom stereocenters. The predicted octanol–water partition coefficient (Wildman–Crippen LogP) is 2.49. The number of carbonyl (C=O) groups is 1. The highest BCUT2D eigenvalue weighted by molar-refractivity contribution is 5.95. The van der Waals surface area contributed by atoms with Crippen molar-refractivity contribution in [1.82, 2.24) is 10.2 Å². The molecule has 1 saturated heterocycles. The molecule has 1 fully saturated rings. The summed E-state index contributed by atoms with van der Waals surface area (Å²) in [4.78, 5) is 14.4. The number of aryl methyl sites for hydroxylation is 1. The lowest BCUT2D eigenvalue weighted by molar-refractivity contribution is 0.0707. The van der Waals surface area contributed by atoms with Gasteiger partial charge in [-0.1, -0.05) is 25.1 Å². The Hall–Kier alpha value is -1.06. The molecule has 4 heteroatoms. The van der Waals surface area contributed by atoms with E-state index in [0.717, 1.165) is 43.5 Å². The summed E-state index contributed by atoms with van der Waals surface area (Å²) in [6.07, 6.45) is 3.15. The second-order valence-electron chi connectivity index (χ2n) is 4.93. The van der Waals surface area contributed by atoms with E-state index in [1.165, 1.54) is 0 Å². The van der Waals surface area contributed by atoms with Crippen LogP contribution in [-0.4, -0.2) is 37.0 Å². The van der Waals surface area contributed by atoms with Gasteiger partial charge in [-0.15, -0.1) is 12.4 Å². The maximum Gasteiger partial charge on any atom is 0.254 e. The van der Waals surface area contributed by atoms with Crippen LogP contribution in [0.2, 0.25) is 0 Å². The van der Waals surface area contributed by atoms with Crippen molar-refractivity contribution >= 4 is 18.3 Å². The first-order valence-electron chi connectivity index (χ1n) is 6.79. The van der Waals surface area contributed by atoms with Crippen LogP contribution in [-0.2, 0) is 6.42 Å². The van der Waals surface area contributed by atoms with E-state index in [1.807, 2.05) is 36.2 Å². The minimum Gasteiger partial charge on any atom is -0.337 e. The lowest BCUT2D eigenvalue weighted by Gasteiger charge is -2.32. The van der Waals surface area contributed by atoms with Crippen molar-refractivity contribution in [2.45, 2.75) is 32.2 Å². The quantitative estimate of drug-likeness (QED) is 0.924. The number of carbonyl (C=O) groups excluding carboxylic acids is 1. The summed E-state index contributed by atoms with van der Waals surface area (Å²) in [6, 6.07) is 8.25. The molecule has 1 heterocycles. The Morgan fingerprint density at radius 3 is 2.79 bits per heavy atom. The van der Waals surface area contributed by atoms with Gasteiger partial charge >= 0.3 is 0 Å². The molecule has 1 amide bonds. The van der Waals surface area contributed by atoms with Crippen LogP contribution in [0.1, 0.15) is 35.7 Å². The van der Waals surface area contributed by atoms with Gasteiger partial charge in [-0.3, -0.25) is 4.79 Å². The average Bonchev–Trinajstić information content (AvgIpc) is 2.46. The standard InChI is InChI=1S/C15H22N2O.ClH/c1-3-12-7-4-5-9-14(12)15(18)17(2)13-8-6-10-16-11-13;/h4-5,7,9,13,16H,3,6,8,10-11H2,1-2H3;1H/t13-;/m0./s1. The van der Waals surface area contributed by atoms with Gasteiger partial charge in [0, 0.05) is 25.2 Å². The summed E-state index contributed by atoms with van der Waals surface area (Å²) in [6.45, 7) is 4.08. The van der Waals surface area contributed by atoms with E-state index < -0.39 is 0 Å². The summed E-state index contributed by atoms with van der Waals surface area (Å²) >= 11 is 0. The van der Waals surface area contributed by atoms with Crippen molar-refractivity contribution in [1.29, 1.82) is 0 Å². The number of amides is 1. The van der Waals surface area contributed by atoms with E-state index in [0.29, 0.717) is 6.04 Å². The van der Waals surface area contributed by atoms with Crippen LogP contribution in [0.25, 0.3) is 0 Å². The fraction of sp³-hybridized carbons (Fsp3) is 0.533. The molecule has 1 aliphatic heterocycles. The monoisotopic (exact) mass is 282 g/mol. The number of nitrogens with one attached hydrogen (secondary N) is 1. The van der Waals surface area contributed by atoms with Crippen molar-refractivity contribution < 1.29 is 4.79 Å².